The number of hydrogen-bond acceptors (Lipinski definition) is 13. The zero-order valence-electron chi connectivity index (χ0n) is 38.7. The first-order valence-corrected chi connectivity index (χ1v) is 22.2. The molecule has 1 aliphatic rings. The summed E-state index contributed by atoms with van der Waals surface area (Å²) in [5.74, 6) is 0.237. The van der Waals surface area contributed by atoms with Crippen LogP contribution in [0.1, 0.15) is 143 Å². The van der Waals surface area contributed by atoms with Gasteiger partial charge in [-0.05, 0) is 91.8 Å². The molecule has 0 fully saturated rings. The van der Waals surface area contributed by atoms with Crippen LogP contribution >= 0.6 is 11.6 Å². The number of nitrogens with one attached hydrogen (secondary N) is 2. The number of fused-ring (bicyclic) bond motifs is 1. The van der Waals surface area contributed by atoms with Crippen LogP contribution in [-0.4, -0.2) is 73.7 Å². The first-order chi connectivity index (χ1) is 30.9. The van der Waals surface area contributed by atoms with E-state index in [9.17, 15) is 34.4 Å². The molecule has 3 aromatic carbocycles. The Kier molecular flexibility index (Phi) is 18.7. The molecule has 0 saturated carbocycles. The fourth-order valence-corrected chi connectivity index (χ4v) is 7.33. The molecule has 1 aliphatic heterocycles. The number of ketones is 2. The molecule has 3 N–H and O–H groups in total. The van der Waals surface area contributed by atoms with Crippen molar-refractivity contribution in [2.24, 2.45) is 5.92 Å². The van der Waals surface area contributed by atoms with E-state index in [1.807, 2.05) is 36.4 Å². The van der Waals surface area contributed by atoms with Crippen LogP contribution in [0.4, 0.5) is 11.6 Å². The monoisotopic (exact) mass is 909 g/mol. The summed E-state index contributed by atoms with van der Waals surface area (Å²) in [5.41, 5.74) is 6.01. The molecule has 346 valence electrons. The van der Waals surface area contributed by atoms with Gasteiger partial charge in [0.1, 0.15) is 24.2 Å². The third-order valence-electron chi connectivity index (χ3n) is 11.3. The number of carbonyl (C=O) groups is 5. The molecule has 16 heteroatoms. The van der Waals surface area contributed by atoms with Gasteiger partial charge in [0, 0.05) is 43.6 Å². The number of anilines is 2. The molecule has 5 rings (SSSR count). The van der Waals surface area contributed by atoms with Crippen molar-refractivity contribution in [2.75, 3.05) is 17.8 Å². The van der Waals surface area contributed by atoms with Crippen molar-refractivity contribution in [3.8, 4) is 17.6 Å². The Morgan fingerprint density at radius 2 is 1.65 bits per heavy atom. The van der Waals surface area contributed by atoms with E-state index in [1.165, 1.54) is 26.1 Å². The van der Waals surface area contributed by atoms with E-state index in [1.54, 1.807) is 32.2 Å². The predicted octanol–water partition coefficient (Wildman–Crippen LogP) is 9.50. The zero-order chi connectivity index (χ0) is 48.0. The lowest BCUT2D eigenvalue weighted by atomic mass is 9.77. The summed E-state index contributed by atoms with van der Waals surface area (Å²) in [5, 5.41) is 23.1. The van der Waals surface area contributed by atoms with E-state index in [0.29, 0.717) is 45.8 Å². The first kappa shape index (κ1) is 51.4. The molecule has 3 amide bonds. The lowest BCUT2D eigenvalue weighted by Crippen LogP contribution is -2.44. The fourth-order valence-electron chi connectivity index (χ4n) is 7.06. The molecular weight excluding hydrogens is 850 g/mol. The third kappa shape index (κ3) is 13.7. The van der Waals surface area contributed by atoms with Crippen LogP contribution in [0.2, 0.25) is 5.02 Å². The largest absolute Gasteiger partial charge is 0.487 e. The normalized spacial score (nSPS) is 13.5. The molecule has 0 saturated heterocycles. The van der Waals surface area contributed by atoms with Gasteiger partial charge in [0.15, 0.2) is 11.5 Å². The maximum Gasteiger partial charge on any atom is 0.262 e. The number of ether oxygens (including phenoxy) is 2. The van der Waals surface area contributed by atoms with Gasteiger partial charge in [-0.25, -0.2) is 9.97 Å². The Bertz CT molecular complexity index is 2380. The van der Waals surface area contributed by atoms with Crippen molar-refractivity contribution in [3.05, 3.63) is 105 Å². The molecule has 3 unspecified atom stereocenters. The van der Waals surface area contributed by atoms with Gasteiger partial charge in [-0.3, -0.25) is 39.5 Å². The van der Waals surface area contributed by atoms with Crippen LogP contribution in [0, 0.1) is 17.2 Å². The zero-order valence-corrected chi connectivity index (χ0v) is 39.4. The molecule has 4 aromatic rings. The summed E-state index contributed by atoms with van der Waals surface area (Å²) in [4.78, 5) is 69.7. The number of hydrogen-bond donors (Lipinski definition) is 3. The van der Waals surface area contributed by atoms with Crippen molar-refractivity contribution in [1.29, 1.82) is 5.26 Å². The number of Topliss-reactive ketones (excluding diaryl/α,β-unsaturated/α-hetero) is 2. The van der Waals surface area contributed by atoms with Crippen molar-refractivity contribution < 1.29 is 38.7 Å². The number of amides is 3. The molecule has 3 atom stereocenters. The average Bonchev–Trinajstić information content (AvgIpc) is 3.52. The Morgan fingerprint density at radius 1 is 0.954 bits per heavy atom. The number of hydrazine groups is 1. The summed E-state index contributed by atoms with van der Waals surface area (Å²) >= 11 is 6.71. The van der Waals surface area contributed by atoms with Crippen LogP contribution in [0.15, 0.2) is 66.9 Å². The van der Waals surface area contributed by atoms with Crippen LogP contribution in [-0.2, 0) is 26.4 Å². The number of hydroxylamine groups is 1. The molecular formula is C49H60ClN7O8. The van der Waals surface area contributed by atoms with E-state index in [-0.39, 0.29) is 66.5 Å². The van der Waals surface area contributed by atoms with Gasteiger partial charge >= 0.3 is 0 Å². The SMILES string of the molecule is CCC(=O)CCC(C(C)=O)N1C(=O)c2ccc(NC(=O)CC)cc2C1=O.CCC(C)CC(CC)Oc1c(Cl)cc(C(C)(C)c2ccc(OCc3ccnc(NN(C)O)n3)cc2)cc1C#N. The highest BCUT2D eigenvalue weighted by Gasteiger charge is 2.42. The van der Waals surface area contributed by atoms with Crippen LogP contribution in [0.5, 0.6) is 11.5 Å². The minimum atomic E-state index is -0.966. The number of carbonyl (C=O) groups excluding carboxylic acids is 5. The molecule has 0 radical (unpaired) electrons. The van der Waals surface area contributed by atoms with Crippen LogP contribution in [0.25, 0.3) is 0 Å². The number of nitriles is 1. The maximum atomic E-state index is 12.7. The van der Waals surface area contributed by atoms with Gasteiger partial charge < -0.3 is 14.8 Å². The summed E-state index contributed by atoms with van der Waals surface area (Å²) < 4.78 is 12.2. The number of benzene rings is 3. The number of nitrogens with zero attached hydrogens (tertiary/aromatic N) is 5. The number of halogens is 1. The Labute approximate surface area is 386 Å². The highest BCUT2D eigenvalue weighted by Crippen LogP contribution is 2.39. The van der Waals surface area contributed by atoms with Gasteiger partial charge in [-0.1, -0.05) is 78.6 Å². The molecule has 15 nitrogen and oxygen atoms in total. The second-order valence-corrected chi connectivity index (χ2v) is 16.9. The topological polar surface area (TPSA) is 204 Å². The third-order valence-corrected chi connectivity index (χ3v) is 11.6. The average molecular weight is 911 g/mol. The lowest BCUT2D eigenvalue weighted by molar-refractivity contribution is -0.122. The van der Waals surface area contributed by atoms with E-state index in [2.05, 4.69) is 61.4 Å². The van der Waals surface area contributed by atoms with Crippen LogP contribution < -0.4 is 20.2 Å². The van der Waals surface area contributed by atoms with E-state index < -0.39 is 23.3 Å². The molecule has 0 bridgehead atoms. The van der Waals surface area contributed by atoms with E-state index >= 15 is 0 Å². The molecule has 1 aromatic heterocycles. The maximum absolute atomic E-state index is 12.7. The van der Waals surface area contributed by atoms with Crippen molar-refractivity contribution >= 4 is 52.5 Å². The second-order valence-electron chi connectivity index (χ2n) is 16.5. The van der Waals surface area contributed by atoms with Gasteiger partial charge in [0.05, 0.1) is 39.6 Å². The predicted molar refractivity (Wildman–Crippen MR) is 248 cm³/mol. The minimum absolute atomic E-state index is 0.0113. The summed E-state index contributed by atoms with van der Waals surface area (Å²) in [6, 6.07) is 19.1. The van der Waals surface area contributed by atoms with Crippen molar-refractivity contribution in [2.45, 2.75) is 125 Å². The van der Waals surface area contributed by atoms with Crippen LogP contribution in [0.3, 0.4) is 0 Å². The Morgan fingerprint density at radius 3 is 2.25 bits per heavy atom. The Balaban J connectivity index is 0.000000309. The number of rotatable bonds is 21. The molecule has 2 heterocycles. The number of imide groups is 1. The van der Waals surface area contributed by atoms with Crippen molar-refractivity contribution in [1.82, 2.24) is 20.0 Å². The van der Waals surface area contributed by atoms with Gasteiger partial charge in [0.2, 0.25) is 11.9 Å². The Hall–Kier alpha value is -6.21. The van der Waals surface area contributed by atoms with Gasteiger partial charge in [0.25, 0.3) is 11.8 Å². The van der Waals surface area contributed by atoms with E-state index in [0.717, 1.165) is 40.5 Å². The molecule has 0 spiro atoms. The summed E-state index contributed by atoms with van der Waals surface area (Å²) in [6.45, 7) is 15.6. The van der Waals surface area contributed by atoms with Crippen molar-refractivity contribution in [3.63, 3.8) is 0 Å². The quantitative estimate of drug-likeness (QED) is 0.0527. The highest BCUT2D eigenvalue weighted by atomic mass is 35.5. The molecule has 65 heavy (non-hydrogen) atoms. The van der Waals surface area contributed by atoms with Gasteiger partial charge in [-0.2, -0.15) is 5.26 Å². The summed E-state index contributed by atoms with van der Waals surface area (Å²) in [7, 11) is 1.43. The fraction of sp³-hybridized carbons (Fsp3) is 0.429. The lowest BCUT2D eigenvalue weighted by Gasteiger charge is -2.28. The highest BCUT2D eigenvalue weighted by molar-refractivity contribution is 6.32. The standard InChI is InChI=1S/C30H38ClN5O3.C19H22N2O5/c1-7-20(3)15-25(8-2)39-28-21(18-32)16-23(17-27(28)31)30(4,5)22-9-11-26(12-10-22)38-19-24-13-14-33-29(34-24)35-36(6)37;1-4-13(23)7-9-16(11(3)22)21-18(25)14-8-6-12(20-17(24)5-2)10-15(14)19(21)26/h9-14,16-17,20,25,37H,7-8,15,19H2,1-6H3,(H,33,34,35);6,8,10,16H,4-5,7,9H2,1-3H3,(H,20,24). The van der Waals surface area contributed by atoms with E-state index in [4.69, 9.17) is 21.1 Å². The second kappa shape index (κ2) is 23.6. The minimum Gasteiger partial charge on any atom is -0.487 e. The molecule has 0 aliphatic carbocycles. The van der Waals surface area contributed by atoms with Gasteiger partial charge in [-0.15, -0.1) is 5.17 Å². The number of aromatic nitrogens is 2. The summed E-state index contributed by atoms with van der Waals surface area (Å²) in [6.07, 6.45) is 5.33. The smallest absolute Gasteiger partial charge is 0.262 e. The first-order valence-electron chi connectivity index (χ1n) is 21.9.